The number of benzene rings is 2. The molecule has 7 heteroatoms. The quantitative estimate of drug-likeness (QED) is 0.278. The number of aromatic amines is 2. The number of fused-ring (bicyclic) bond motifs is 2. The molecule has 0 amide bonds. The summed E-state index contributed by atoms with van der Waals surface area (Å²) in [4.78, 5) is 21.7. The Bertz CT molecular complexity index is 1690. The molecule has 0 atom stereocenters. The SMILES string of the molecule is COc1cccc(-c2cc3c(-c4cc5c(-c6ccc(C(C)=O)s6)cccc5[nH]4)n[nH]c3cn2)c1. The number of H-pyrrole nitrogens is 2. The lowest BCUT2D eigenvalue weighted by molar-refractivity contribution is 0.102. The van der Waals surface area contributed by atoms with Gasteiger partial charge >= 0.3 is 0 Å². The van der Waals surface area contributed by atoms with Crippen molar-refractivity contribution in [2.24, 2.45) is 0 Å². The largest absolute Gasteiger partial charge is 0.497 e. The van der Waals surface area contributed by atoms with Gasteiger partial charge in [0, 0.05) is 32.3 Å². The Hall–Kier alpha value is -4.23. The maximum absolute atomic E-state index is 11.8. The van der Waals surface area contributed by atoms with E-state index in [4.69, 9.17) is 4.74 Å². The third-order valence-corrected chi connectivity index (χ3v) is 7.17. The molecule has 0 unspecified atom stereocenters. The molecule has 34 heavy (non-hydrogen) atoms. The van der Waals surface area contributed by atoms with Crippen molar-refractivity contribution in [3.05, 3.63) is 77.8 Å². The molecular formula is C27H20N4O2S. The van der Waals surface area contributed by atoms with Gasteiger partial charge in [0.2, 0.25) is 0 Å². The predicted molar refractivity (Wildman–Crippen MR) is 136 cm³/mol. The molecule has 4 aromatic heterocycles. The molecule has 0 saturated carbocycles. The Morgan fingerprint density at radius 3 is 2.68 bits per heavy atom. The molecule has 6 aromatic rings. The van der Waals surface area contributed by atoms with Gasteiger partial charge in [0.1, 0.15) is 11.4 Å². The van der Waals surface area contributed by atoms with E-state index in [2.05, 4.69) is 38.4 Å². The van der Waals surface area contributed by atoms with Crippen LogP contribution in [0.25, 0.3) is 54.9 Å². The summed E-state index contributed by atoms with van der Waals surface area (Å²) < 4.78 is 5.37. The third-order valence-electron chi connectivity index (χ3n) is 5.95. The number of Topliss-reactive ketones (excluding diaryl/α,β-unsaturated/α-hetero) is 1. The average molecular weight is 465 g/mol. The predicted octanol–water partition coefficient (Wildman–Crippen LogP) is 6.71. The van der Waals surface area contributed by atoms with Crippen molar-refractivity contribution in [3.63, 3.8) is 0 Å². The number of nitrogens with zero attached hydrogens (tertiary/aromatic N) is 2. The number of carbonyl (C=O) groups is 1. The first-order valence-corrected chi connectivity index (χ1v) is 11.6. The number of hydrogen-bond donors (Lipinski definition) is 2. The first-order chi connectivity index (χ1) is 16.6. The van der Waals surface area contributed by atoms with Gasteiger partial charge in [0.15, 0.2) is 5.78 Å². The van der Waals surface area contributed by atoms with Crippen LogP contribution < -0.4 is 4.74 Å². The van der Waals surface area contributed by atoms with Gasteiger partial charge in [-0.15, -0.1) is 11.3 Å². The molecule has 0 bridgehead atoms. The molecule has 2 N–H and O–H groups in total. The van der Waals surface area contributed by atoms with Crippen molar-refractivity contribution in [1.82, 2.24) is 20.2 Å². The molecule has 0 radical (unpaired) electrons. The molecule has 0 aliphatic heterocycles. The Morgan fingerprint density at radius 2 is 1.85 bits per heavy atom. The summed E-state index contributed by atoms with van der Waals surface area (Å²) in [6.45, 7) is 1.60. The van der Waals surface area contributed by atoms with Crippen LogP contribution in [0.15, 0.2) is 72.9 Å². The Balaban J connectivity index is 1.47. The van der Waals surface area contributed by atoms with Crippen LogP contribution >= 0.6 is 11.3 Å². The highest BCUT2D eigenvalue weighted by Gasteiger charge is 2.16. The molecular weight excluding hydrogens is 444 g/mol. The number of pyridine rings is 1. The summed E-state index contributed by atoms with van der Waals surface area (Å²) in [5.41, 5.74) is 6.55. The smallest absolute Gasteiger partial charge is 0.169 e. The van der Waals surface area contributed by atoms with Crippen molar-refractivity contribution in [3.8, 4) is 38.8 Å². The van der Waals surface area contributed by atoms with Crippen molar-refractivity contribution < 1.29 is 9.53 Å². The zero-order chi connectivity index (χ0) is 23.2. The lowest BCUT2D eigenvalue weighted by Gasteiger charge is -2.04. The Kier molecular flexibility index (Phi) is 4.78. The highest BCUT2D eigenvalue weighted by Crippen LogP contribution is 2.37. The summed E-state index contributed by atoms with van der Waals surface area (Å²) in [6, 6.07) is 22.1. The van der Waals surface area contributed by atoms with Crippen molar-refractivity contribution in [2.75, 3.05) is 7.11 Å². The second-order valence-corrected chi connectivity index (χ2v) is 9.17. The number of ketones is 1. The van der Waals surface area contributed by atoms with Crippen LogP contribution in [-0.2, 0) is 0 Å². The second kappa shape index (κ2) is 7.97. The van der Waals surface area contributed by atoms with Gasteiger partial charge in [0.25, 0.3) is 0 Å². The van der Waals surface area contributed by atoms with E-state index in [-0.39, 0.29) is 5.78 Å². The molecule has 6 nitrogen and oxygen atoms in total. The summed E-state index contributed by atoms with van der Waals surface area (Å²) in [6.07, 6.45) is 1.81. The molecule has 166 valence electrons. The van der Waals surface area contributed by atoms with Crippen LogP contribution in [0, 0.1) is 0 Å². The number of nitrogens with one attached hydrogen (secondary N) is 2. The van der Waals surface area contributed by atoms with Gasteiger partial charge in [0.05, 0.1) is 35.1 Å². The van der Waals surface area contributed by atoms with Crippen LogP contribution in [-0.4, -0.2) is 33.1 Å². The normalized spacial score (nSPS) is 11.4. The summed E-state index contributed by atoms with van der Waals surface area (Å²) >= 11 is 1.52. The molecule has 0 saturated heterocycles. The van der Waals surface area contributed by atoms with Crippen molar-refractivity contribution >= 4 is 38.9 Å². The minimum absolute atomic E-state index is 0.0848. The second-order valence-electron chi connectivity index (χ2n) is 8.09. The van der Waals surface area contributed by atoms with E-state index >= 15 is 0 Å². The van der Waals surface area contributed by atoms with E-state index in [1.54, 1.807) is 14.0 Å². The van der Waals surface area contributed by atoms with Gasteiger partial charge < -0.3 is 9.72 Å². The van der Waals surface area contributed by atoms with Crippen LogP contribution in [0.5, 0.6) is 5.75 Å². The fourth-order valence-corrected chi connectivity index (χ4v) is 5.17. The molecule has 0 aliphatic carbocycles. The number of ether oxygens (including phenoxy) is 1. The van der Waals surface area contributed by atoms with Crippen LogP contribution in [0.1, 0.15) is 16.6 Å². The van der Waals surface area contributed by atoms with Gasteiger partial charge in [-0.3, -0.25) is 14.9 Å². The van der Waals surface area contributed by atoms with Crippen LogP contribution in [0.2, 0.25) is 0 Å². The zero-order valence-corrected chi connectivity index (χ0v) is 19.4. The Morgan fingerprint density at radius 1 is 0.971 bits per heavy atom. The first kappa shape index (κ1) is 20.4. The molecule has 0 aliphatic rings. The van der Waals surface area contributed by atoms with E-state index in [1.165, 1.54) is 11.3 Å². The van der Waals surface area contributed by atoms with E-state index in [1.807, 2.05) is 54.7 Å². The monoisotopic (exact) mass is 464 g/mol. The number of aromatic nitrogens is 4. The standard InChI is InChI=1S/C27H20N4O2S/c1-15(32)25-9-10-26(34-25)18-7-4-8-21-19(18)12-23(29-21)27-20-13-22(28-14-24(20)30-31-27)16-5-3-6-17(11-16)33-2/h3-14,29H,1-2H3,(H,30,31). The molecule has 2 aromatic carbocycles. The lowest BCUT2D eigenvalue weighted by Crippen LogP contribution is -1.86. The number of methoxy groups -OCH3 is 1. The topological polar surface area (TPSA) is 83.7 Å². The molecule has 0 spiro atoms. The number of hydrogen-bond acceptors (Lipinski definition) is 5. The van der Waals surface area contributed by atoms with E-state index in [9.17, 15) is 4.79 Å². The van der Waals surface area contributed by atoms with E-state index in [0.717, 1.165) is 65.5 Å². The summed E-state index contributed by atoms with van der Waals surface area (Å²) in [7, 11) is 1.66. The van der Waals surface area contributed by atoms with Crippen LogP contribution in [0.4, 0.5) is 0 Å². The van der Waals surface area contributed by atoms with E-state index in [0.29, 0.717) is 0 Å². The average Bonchev–Trinajstić information content (AvgIpc) is 3.61. The maximum atomic E-state index is 11.8. The summed E-state index contributed by atoms with van der Waals surface area (Å²) in [5.74, 6) is 0.873. The Labute approximate surface area is 199 Å². The van der Waals surface area contributed by atoms with Crippen LogP contribution in [0.3, 0.4) is 0 Å². The minimum Gasteiger partial charge on any atom is -0.497 e. The summed E-state index contributed by atoms with van der Waals surface area (Å²) in [5, 5.41) is 9.77. The highest BCUT2D eigenvalue weighted by atomic mass is 32.1. The van der Waals surface area contributed by atoms with Gasteiger partial charge in [-0.05, 0) is 49.4 Å². The highest BCUT2D eigenvalue weighted by molar-refractivity contribution is 7.17. The molecule has 6 rings (SSSR count). The number of thiophene rings is 1. The fraction of sp³-hybridized carbons (Fsp3) is 0.0741. The van der Waals surface area contributed by atoms with E-state index < -0.39 is 0 Å². The first-order valence-electron chi connectivity index (χ1n) is 10.8. The van der Waals surface area contributed by atoms with Gasteiger partial charge in [-0.25, -0.2) is 0 Å². The molecule has 4 heterocycles. The number of carbonyl (C=O) groups excluding carboxylic acids is 1. The zero-order valence-electron chi connectivity index (χ0n) is 18.5. The van der Waals surface area contributed by atoms with Gasteiger partial charge in [-0.2, -0.15) is 5.10 Å². The maximum Gasteiger partial charge on any atom is 0.169 e. The van der Waals surface area contributed by atoms with Crippen molar-refractivity contribution in [1.29, 1.82) is 0 Å². The minimum atomic E-state index is 0.0848. The van der Waals surface area contributed by atoms with Gasteiger partial charge in [-0.1, -0.05) is 24.3 Å². The fourth-order valence-electron chi connectivity index (χ4n) is 4.23. The molecule has 0 fully saturated rings. The van der Waals surface area contributed by atoms with Crippen molar-refractivity contribution in [2.45, 2.75) is 6.92 Å². The third kappa shape index (κ3) is 3.38. The number of rotatable bonds is 5. The lowest BCUT2D eigenvalue weighted by atomic mass is 10.1.